The smallest absolute Gasteiger partial charge is 0.273 e. The second kappa shape index (κ2) is 12.2. The van der Waals surface area contributed by atoms with Crippen molar-refractivity contribution >= 4 is 39.0 Å². The predicted molar refractivity (Wildman–Crippen MR) is 146 cm³/mol. The van der Waals surface area contributed by atoms with Crippen molar-refractivity contribution in [3.05, 3.63) is 113 Å². The molecule has 4 rings (SSSR count). The summed E-state index contributed by atoms with van der Waals surface area (Å²) in [6.45, 7) is 0. The molecular formula is C28H27NO3S3. The molecule has 7 heteroatoms. The minimum Gasteiger partial charge on any atom is -0.274 e. The number of hydrogen-bond donors (Lipinski definition) is 1. The number of nitrogens with one attached hydrogen (secondary N) is 1. The number of aryl methyl sites for hydroxylation is 2. The molecule has 180 valence electrons. The van der Waals surface area contributed by atoms with Gasteiger partial charge < -0.3 is 0 Å². The lowest BCUT2D eigenvalue weighted by Gasteiger charge is -2.12. The van der Waals surface area contributed by atoms with Crippen LogP contribution in [-0.4, -0.2) is 20.1 Å². The minimum atomic E-state index is -3.80. The van der Waals surface area contributed by atoms with Crippen LogP contribution in [0.5, 0.6) is 0 Å². The van der Waals surface area contributed by atoms with Gasteiger partial charge in [0.15, 0.2) is 0 Å². The summed E-state index contributed by atoms with van der Waals surface area (Å²) < 4.78 is 26.9. The van der Waals surface area contributed by atoms with E-state index in [1.165, 1.54) is 17.2 Å². The van der Waals surface area contributed by atoms with E-state index in [1.807, 2.05) is 36.0 Å². The van der Waals surface area contributed by atoms with Gasteiger partial charge in [-0.05, 0) is 57.9 Å². The molecule has 0 spiro atoms. The third kappa shape index (κ3) is 7.31. The Balaban J connectivity index is 1.36. The van der Waals surface area contributed by atoms with Gasteiger partial charge in [-0.1, -0.05) is 84.9 Å². The van der Waals surface area contributed by atoms with E-state index < -0.39 is 15.9 Å². The van der Waals surface area contributed by atoms with Gasteiger partial charge in [0, 0.05) is 12.2 Å². The summed E-state index contributed by atoms with van der Waals surface area (Å²) in [7, 11) is -3.80. The first-order valence-corrected chi connectivity index (χ1v) is 14.9. The van der Waals surface area contributed by atoms with E-state index in [1.54, 1.807) is 11.4 Å². The Labute approximate surface area is 215 Å². The van der Waals surface area contributed by atoms with Crippen molar-refractivity contribution in [2.24, 2.45) is 0 Å². The van der Waals surface area contributed by atoms with Crippen molar-refractivity contribution in [3.63, 3.8) is 0 Å². The number of hydrogen-bond acceptors (Lipinski definition) is 5. The van der Waals surface area contributed by atoms with Crippen LogP contribution in [0, 0.1) is 0 Å². The van der Waals surface area contributed by atoms with E-state index in [2.05, 4.69) is 59.3 Å². The summed E-state index contributed by atoms with van der Waals surface area (Å²) in [6, 6.07) is 30.1. The lowest BCUT2D eigenvalue weighted by molar-refractivity contribution is -0.119. The van der Waals surface area contributed by atoms with Crippen molar-refractivity contribution in [2.45, 2.75) is 29.2 Å². The molecule has 3 aromatic carbocycles. The maximum Gasteiger partial charge on any atom is 0.273 e. The molecule has 0 unspecified atom stereocenters. The van der Waals surface area contributed by atoms with E-state index >= 15 is 0 Å². The number of amides is 1. The Morgan fingerprint density at radius 1 is 0.829 bits per heavy atom. The van der Waals surface area contributed by atoms with Gasteiger partial charge in [-0.2, -0.15) is 11.8 Å². The van der Waals surface area contributed by atoms with Gasteiger partial charge in [0.1, 0.15) is 4.21 Å². The summed E-state index contributed by atoms with van der Waals surface area (Å²) in [4.78, 5) is 12.4. The number of thioether (sulfide) groups is 1. The number of rotatable bonds is 11. The van der Waals surface area contributed by atoms with Gasteiger partial charge >= 0.3 is 0 Å². The van der Waals surface area contributed by atoms with E-state index in [4.69, 9.17) is 0 Å². The molecule has 0 fully saturated rings. The van der Waals surface area contributed by atoms with Crippen LogP contribution in [0.15, 0.2) is 101 Å². The molecule has 1 heterocycles. The molecule has 0 aliphatic heterocycles. The van der Waals surface area contributed by atoms with Crippen LogP contribution in [0.2, 0.25) is 0 Å². The molecule has 0 radical (unpaired) electrons. The van der Waals surface area contributed by atoms with E-state index in [0.717, 1.165) is 46.0 Å². The Bertz CT molecular complexity index is 1350. The number of benzene rings is 3. The Hall–Kier alpha value is -2.87. The van der Waals surface area contributed by atoms with Crippen LogP contribution in [0.3, 0.4) is 0 Å². The van der Waals surface area contributed by atoms with Crippen molar-refractivity contribution < 1.29 is 13.2 Å². The molecule has 0 saturated heterocycles. The largest absolute Gasteiger partial charge is 0.274 e. The molecule has 0 saturated carbocycles. The maximum atomic E-state index is 12.4. The lowest BCUT2D eigenvalue weighted by atomic mass is 9.96. The van der Waals surface area contributed by atoms with E-state index in [9.17, 15) is 13.2 Å². The Morgan fingerprint density at radius 3 is 2.40 bits per heavy atom. The zero-order chi connectivity index (χ0) is 24.5. The molecule has 4 aromatic rings. The standard InChI is InChI=1S/C28H27NO3S3/c30-27(29-35(31,32)28-14-7-18-34-28)16-15-24-11-4-5-13-26(24)25-12-6-10-23(20-25)21-33-19-17-22-8-2-1-3-9-22/h1-14,18,20H,15-17,19,21H2,(H,29,30). The fourth-order valence-corrected chi connectivity index (χ4v) is 6.74. The second-order valence-corrected chi connectivity index (χ2v) is 12.1. The molecule has 1 amide bonds. The van der Waals surface area contributed by atoms with Gasteiger partial charge in [-0.15, -0.1) is 11.3 Å². The number of sulfonamides is 1. The zero-order valence-electron chi connectivity index (χ0n) is 19.2. The molecule has 1 aromatic heterocycles. The summed E-state index contributed by atoms with van der Waals surface area (Å²) >= 11 is 3.01. The highest BCUT2D eigenvalue weighted by atomic mass is 32.2. The number of carbonyl (C=O) groups is 1. The van der Waals surface area contributed by atoms with Gasteiger partial charge in [-0.3, -0.25) is 4.79 Å². The zero-order valence-corrected chi connectivity index (χ0v) is 21.7. The van der Waals surface area contributed by atoms with Crippen LogP contribution in [-0.2, 0) is 33.4 Å². The predicted octanol–water partition coefficient (Wildman–Crippen LogP) is 6.33. The summed E-state index contributed by atoms with van der Waals surface area (Å²) in [5, 5.41) is 1.67. The van der Waals surface area contributed by atoms with Crippen LogP contribution >= 0.6 is 23.1 Å². The fraction of sp³-hybridized carbons (Fsp3) is 0.179. The molecule has 35 heavy (non-hydrogen) atoms. The summed E-state index contributed by atoms with van der Waals surface area (Å²) in [6.07, 6.45) is 1.60. The highest BCUT2D eigenvalue weighted by Gasteiger charge is 2.18. The molecular weight excluding hydrogens is 495 g/mol. The second-order valence-electron chi connectivity index (χ2n) is 8.11. The van der Waals surface area contributed by atoms with Gasteiger partial charge in [0.2, 0.25) is 5.91 Å². The topological polar surface area (TPSA) is 63.2 Å². The molecule has 0 aliphatic rings. The van der Waals surface area contributed by atoms with Crippen molar-refractivity contribution in [3.8, 4) is 11.1 Å². The normalized spacial score (nSPS) is 11.3. The van der Waals surface area contributed by atoms with E-state index in [0.29, 0.717) is 6.42 Å². The summed E-state index contributed by atoms with van der Waals surface area (Å²) in [5.41, 5.74) is 5.81. The van der Waals surface area contributed by atoms with Crippen molar-refractivity contribution in [1.82, 2.24) is 4.72 Å². The lowest BCUT2D eigenvalue weighted by Crippen LogP contribution is -2.30. The molecule has 4 nitrogen and oxygen atoms in total. The first kappa shape index (κ1) is 25.2. The third-order valence-electron chi connectivity index (χ3n) is 5.53. The monoisotopic (exact) mass is 521 g/mol. The average Bonchev–Trinajstić information content (AvgIpc) is 3.43. The first-order chi connectivity index (χ1) is 17.0. The van der Waals surface area contributed by atoms with Crippen LogP contribution < -0.4 is 4.72 Å². The Kier molecular flexibility index (Phi) is 8.79. The maximum absolute atomic E-state index is 12.4. The minimum absolute atomic E-state index is 0.0939. The molecule has 0 bridgehead atoms. The fourth-order valence-electron chi connectivity index (χ4n) is 3.79. The highest BCUT2D eigenvalue weighted by molar-refractivity contribution is 7.98. The number of thiophene rings is 1. The highest BCUT2D eigenvalue weighted by Crippen LogP contribution is 2.27. The van der Waals surface area contributed by atoms with Crippen molar-refractivity contribution in [2.75, 3.05) is 5.75 Å². The number of carbonyl (C=O) groups excluding carboxylic acids is 1. The third-order valence-corrected chi connectivity index (χ3v) is 9.33. The summed E-state index contributed by atoms with van der Waals surface area (Å²) in [5.74, 6) is 1.50. The quantitative estimate of drug-likeness (QED) is 0.234. The molecule has 1 N–H and O–H groups in total. The van der Waals surface area contributed by atoms with Gasteiger partial charge in [-0.25, -0.2) is 13.1 Å². The van der Waals surface area contributed by atoms with Gasteiger partial charge in [0.25, 0.3) is 10.0 Å². The first-order valence-electron chi connectivity index (χ1n) is 11.4. The van der Waals surface area contributed by atoms with Gasteiger partial charge in [0.05, 0.1) is 0 Å². The average molecular weight is 522 g/mol. The van der Waals surface area contributed by atoms with E-state index in [-0.39, 0.29) is 10.6 Å². The van der Waals surface area contributed by atoms with Crippen molar-refractivity contribution in [1.29, 1.82) is 0 Å². The molecule has 0 atom stereocenters. The Morgan fingerprint density at radius 2 is 1.60 bits per heavy atom. The SMILES string of the molecule is O=C(CCc1ccccc1-c1cccc(CSCCc2ccccc2)c1)NS(=O)(=O)c1cccs1. The van der Waals surface area contributed by atoms with Crippen LogP contribution in [0.25, 0.3) is 11.1 Å². The van der Waals surface area contributed by atoms with Crippen LogP contribution in [0.1, 0.15) is 23.1 Å². The van der Waals surface area contributed by atoms with Crippen LogP contribution in [0.4, 0.5) is 0 Å². The molecule has 0 aliphatic carbocycles.